The van der Waals surface area contributed by atoms with Gasteiger partial charge in [0.25, 0.3) is 0 Å². The number of nitrogens with zero attached hydrogens (tertiary/aromatic N) is 1. The molecule has 1 aromatic rings. The number of halogens is 1. The maximum Gasteiger partial charge on any atom is 0.167 e. The first-order chi connectivity index (χ1) is 11.7. The van der Waals surface area contributed by atoms with E-state index in [-0.39, 0.29) is 5.78 Å². The molecule has 3 rings (SSSR count). The lowest BCUT2D eigenvalue weighted by Crippen LogP contribution is -2.22. The number of ether oxygens (including phenoxy) is 1. The number of benzene rings is 1. The molecule has 1 aliphatic carbocycles. The Morgan fingerprint density at radius 1 is 1.21 bits per heavy atom. The molecule has 0 radical (unpaired) electrons. The van der Waals surface area contributed by atoms with Gasteiger partial charge in [0, 0.05) is 36.0 Å². The zero-order valence-corrected chi connectivity index (χ0v) is 13.6. The quantitative estimate of drug-likeness (QED) is 0.767. The minimum Gasteiger partial charge on any atom is -0.462 e. The lowest BCUT2D eigenvalue weighted by Gasteiger charge is -2.27. The number of aldehydes is 1. The topological polar surface area (TPSA) is 46.6 Å². The lowest BCUT2D eigenvalue weighted by molar-refractivity contribution is -0.115. The fraction of sp³-hybridized carbons (Fsp3) is 0.158. The van der Waals surface area contributed by atoms with E-state index in [1.165, 1.54) is 12.3 Å². The van der Waals surface area contributed by atoms with E-state index < -0.39 is 5.92 Å². The Hall–Kier alpha value is -2.59. The number of rotatable bonds is 5. The first kappa shape index (κ1) is 16.3. The van der Waals surface area contributed by atoms with Crippen LogP contribution in [-0.2, 0) is 14.3 Å². The summed E-state index contributed by atoms with van der Waals surface area (Å²) in [4.78, 5) is 24.9. The van der Waals surface area contributed by atoms with E-state index in [9.17, 15) is 9.59 Å². The van der Waals surface area contributed by atoms with Crippen LogP contribution in [-0.4, -0.2) is 23.5 Å². The molecule has 1 unspecified atom stereocenters. The second-order valence-electron chi connectivity index (χ2n) is 5.43. The smallest absolute Gasteiger partial charge is 0.167 e. The molecule has 0 aromatic heterocycles. The summed E-state index contributed by atoms with van der Waals surface area (Å²) in [5.74, 6) is -0.0339. The molecule has 0 saturated carbocycles. The SMILES string of the molecule is O=CCCN1C=COC(C2=C(Cl)C=CC(=O)C2c2ccccc2)=C1. The Bertz CT molecular complexity index is 762. The Labute approximate surface area is 145 Å². The summed E-state index contributed by atoms with van der Waals surface area (Å²) in [6, 6.07) is 9.47. The summed E-state index contributed by atoms with van der Waals surface area (Å²) in [5.41, 5.74) is 1.49. The average molecular weight is 342 g/mol. The van der Waals surface area contributed by atoms with Gasteiger partial charge in [0.1, 0.15) is 18.3 Å². The molecule has 122 valence electrons. The van der Waals surface area contributed by atoms with Crippen molar-refractivity contribution < 1.29 is 14.3 Å². The van der Waals surface area contributed by atoms with Crippen LogP contribution in [0.1, 0.15) is 17.9 Å². The molecule has 0 bridgehead atoms. The zero-order chi connectivity index (χ0) is 16.9. The van der Waals surface area contributed by atoms with Gasteiger partial charge in [-0.25, -0.2) is 0 Å². The van der Waals surface area contributed by atoms with E-state index in [0.717, 1.165) is 11.8 Å². The molecule has 1 aromatic carbocycles. The molecule has 24 heavy (non-hydrogen) atoms. The number of ketones is 1. The van der Waals surface area contributed by atoms with Crippen molar-refractivity contribution in [2.45, 2.75) is 12.3 Å². The predicted molar refractivity (Wildman–Crippen MR) is 91.9 cm³/mol. The number of allylic oxidation sites excluding steroid dienone is 4. The summed E-state index contributed by atoms with van der Waals surface area (Å²) in [6.07, 6.45) is 9.39. The number of carbonyl (C=O) groups is 2. The minimum absolute atomic E-state index is 0.0425. The molecule has 1 atom stereocenters. The number of carbonyl (C=O) groups excluding carboxylic acids is 2. The van der Waals surface area contributed by atoms with Gasteiger partial charge in [-0.2, -0.15) is 0 Å². The van der Waals surface area contributed by atoms with Gasteiger partial charge < -0.3 is 14.4 Å². The van der Waals surface area contributed by atoms with E-state index in [0.29, 0.717) is 29.3 Å². The molecule has 2 aliphatic rings. The second-order valence-corrected chi connectivity index (χ2v) is 5.84. The van der Waals surface area contributed by atoms with Gasteiger partial charge >= 0.3 is 0 Å². The molecule has 0 saturated heterocycles. The van der Waals surface area contributed by atoms with Crippen LogP contribution in [0, 0.1) is 0 Å². The minimum atomic E-state index is -0.505. The van der Waals surface area contributed by atoms with Crippen LogP contribution in [0.5, 0.6) is 0 Å². The van der Waals surface area contributed by atoms with Crippen molar-refractivity contribution in [2.24, 2.45) is 0 Å². The van der Waals surface area contributed by atoms with Crippen LogP contribution < -0.4 is 0 Å². The third-order valence-corrected chi connectivity index (χ3v) is 4.19. The highest BCUT2D eigenvalue weighted by Gasteiger charge is 2.32. The fourth-order valence-electron chi connectivity index (χ4n) is 2.74. The number of hydrogen-bond acceptors (Lipinski definition) is 4. The predicted octanol–water partition coefficient (Wildman–Crippen LogP) is 3.64. The van der Waals surface area contributed by atoms with E-state index in [2.05, 4.69) is 0 Å². The molecule has 0 N–H and O–H groups in total. The molecular formula is C19H16ClNO3. The Balaban J connectivity index is 1.99. The van der Waals surface area contributed by atoms with Crippen molar-refractivity contribution in [1.29, 1.82) is 0 Å². The molecule has 5 heteroatoms. The molecular weight excluding hydrogens is 326 g/mol. The van der Waals surface area contributed by atoms with Gasteiger partial charge in [-0.15, -0.1) is 0 Å². The van der Waals surface area contributed by atoms with Crippen molar-refractivity contribution in [3.63, 3.8) is 0 Å². The normalized spacial score (nSPS) is 20.0. The van der Waals surface area contributed by atoms with Crippen LogP contribution in [0.4, 0.5) is 0 Å². The molecule has 0 fully saturated rings. The van der Waals surface area contributed by atoms with Crippen LogP contribution in [0.25, 0.3) is 0 Å². The lowest BCUT2D eigenvalue weighted by atomic mass is 9.83. The van der Waals surface area contributed by atoms with Gasteiger partial charge in [-0.1, -0.05) is 41.9 Å². The standard InChI is InChI=1S/C19H16ClNO3/c20-15-7-8-16(23)18(14-5-2-1-3-6-14)19(15)17-13-21(9-4-11-22)10-12-24-17/h1-3,5-8,10-13,18H,4,9H2. The van der Waals surface area contributed by atoms with Crippen molar-refractivity contribution in [1.82, 2.24) is 4.90 Å². The van der Waals surface area contributed by atoms with Gasteiger partial charge in [0.05, 0.1) is 5.92 Å². The van der Waals surface area contributed by atoms with Crippen LogP contribution in [0.2, 0.25) is 0 Å². The van der Waals surface area contributed by atoms with Gasteiger partial charge in [-0.05, 0) is 17.7 Å². The summed E-state index contributed by atoms with van der Waals surface area (Å²) in [6.45, 7) is 0.539. The molecule has 1 heterocycles. The fourth-order valence-corrected chi connectivity index (χ4v) is 3.00. The summed E-state index contributed by atoms with van der Waals surface area (Å²) >= 11 is 6.40. The first-order valence-corrected chi connectivity index (χ1v) is 8.00. The zero-order valence-electron chi connectivity index (χ0n) is 12.9. The third-order valence-electron chi connectivity index (χ3n) is 3.86. The molecule has 1 aliphatic heterocycles. The Kier molecular flexibility index (Phi) is 4.96. The summed E-state index contributed by atoms with van der Waals surface area (Å²) in [7, 11) is 0. The summed E-state index contributed by atoms with van der Waals surface area (Å²) in [5, 5.41) is 0.473. The van der Waals surface area contributed by atoms with Crippen molar-refractivity contribution >= 4 is 23.7 Å². The second kappa shape index (κ2) is 7.32. The first-order valence-electron chi connectivity index (χ1n) is 7.62. The van der Waals surface area contributed by atoms with Gasteiger partial charge in [0.15, 0.2) is 5.78 Å². The number of hydrogen-bond donors (Lipinski definition) is 0. The summed E-state index contributed by atoms with van der Waals surface area (Å²) < 4.78 is 5.62. The molecule has 4 nitrogen and oxygen atoms in total. The maximum absolute atomic E-state index is 12.5. The van der Waals surface area contributed by atoms with Gasteiger partial charge in [-0.3, -0.25) is 4.79 Å². The Morgan fingerprint density at radius 2 is 2.00 bits per heavy atom. The highest BCUT2D eigenvalue weighted by atomic mass is 35.5. The highest BCUT2D eigenvalue weighted by molar-refractivity contribution is 6.33. The van der Waals surface area contributed by atoms with Crippen molar-refractivity contribution in [2.75, 3.05) is 6.54 Å². The monoisotopic (exact) mass is 341 g/mol. The average Bonchev–Trinajstić information content (AvgIpc) is 2.62. The van der Waals surface area contributed by atoms with Crippen LogP contribution >= 0.6 is 11.6 Å². The van der Waals surface area contributed by atoms with Crippen molar-refractivity contribution in [3.8, 4) is 0 Å². The maximum atomic E-state index is 12.5. The largest absolute Gasteiger partial charge is 0.462 e. The van der Waals surface area contributed by atoms with E-state index in [1.54, 1.807) is 18.5 Å². The van der Waals surface area contributed by atoms with E-state index >= 15 is 0 Å². The molecule has 0 spiro atoms. The van der Waals surface area contributed by atoms with E-state index in [1.807, 2.05) is 35.2 Å². The van der Waals surface area contributed by atoms with E-state index in [4.69, 9.17) is 16.3 Å². The third kappa shape index (κ3) is 3.34. The van der Waals surface area contributed by atoms with Crippen LogP contribution in [0.15, 0.2) is 77.5 Å². The van der Waals surface area contributed by atoms with Gasteiger partial charge in [0.2, 0.25) is 0 Å². The highest BCUT2D eigenvalue weighted by Crippen LogP contribution is 2.39. The molecule has 0 amide bonds. The Morgan fingerprint density at radius 3 is 2.75 bits per heavy atom. The van der Waals surface area contributed by atoms with Crippen LogP contribution in [0.3, 0.4) is 0 Å². The van der Waals surface area contributed by atoms with Crippen molar-refractivity contribution in [3.05, 3.63) is 83.1 Å².